The highest BCUT2D eigenvalue weighted by Gasteiger charge is 2.37. The van der Waals surface area contributed by atoms with Crippen molar-refractivity contribution in [3.63, 3.8) is 0 Å². The van der Waals surface area contributed by atoms with E-state index in [4.69, 9.17) is 0 Å². The Hall–Kier alpha value is -0.610. The molecule has 2 N–H and O–H groups in total. The molecule has 4 nitrogen and oxygen atoms in total. The van der Waals surface area contributed by atoms with Crippen molar-refractivity contribution in [2.24, 2.45) is 5.92 Å². The van der Waals surface area contributed by atoms with Crippen molar-refractivity contribution in [3.05, 3.63) is 0 Å². The summed E-state index contributed by atoms with van der Waals surface area (Å²) in [6.45, 7) is 1.83. The van der Waals surface area contributed by atoms with Crippen LogP contribution in [0.1, 0.15) is 38.5 Å². The lowest BCUT2D eigenvalue weighted by atomic mass is 9.85. The highest BCUT2D eigenvalue weighted by molar-refractivity contribution is 5.82. The minimum Gasteiger partial charge on any atom is -0.355 e. The van der Waals surface area contributed by atoms with E-state index >= 15 is 0 Å². The van der Waals surface area contributed by atoms with Gasteiger partial charge in [0.15, 0.2) is 0 Å². The quantitative estimate of drug-likeness (QED) is 0.718. The van der Waals surface area contributed by atoms with Crippen molar-refractivity contribution in [1.29, 1.82) is 0 Å². The van der Waals surface area contributed by atoms with Crippen LogP contribution in [0.3, 0.4) is 0 Å². The summed E-state index contributed by atoms with van der Waals surface area (Å²) < 4.78 is 0. The number of fused-ring (bicyclic) bond motifs is 1. The predicted octanol–water partition coefficient (Wildman–Crippen LogP) is 0.975. The van der Waals surface area contributed by atoms with Crippen LogP contribution in [0.15, 0.2) is 0 Å². The molecule has 2 fully saturated rings. The van der Waals surface area contributed by atoms with E-state index in [0.29, 0.717) is 6.04 Å². The van der Waals surface area contributed by atoms with Crippen LogP contribution in [-0.2, 0) is 4.79 Å². The molecule has 0 spiro atoms. The van der Waals surface area contributed by atoms with Gasteiger partial charge in [0.2, 0.25) is 5.91 Å². The second-order valence-corrected chi connectivity index (χ2v) is 6.05. The molecule has 1 aliphatic heterocycles. The summed E-state index contributed by atoms with van der Waals surface area (Å²) in [6.07, 6.45) is 7.31. The standard InChI is InChI=1S/C14H27N3O/c1-17(2)9-5-8-15-14(18)13-10-11-6-3-4-7-12(11)16-13/h11-13,16H,3-10H2,1-2H3,(H,15,18). The molecule has 3 unspecified atom stereocenters. The van der Waals surface area contributed by atoms with Crippen molar-refractivity contribution >= 4 is 5.91 Å². The number of carbonyl (C=O) groups excluding carboxylic acids is 1. The van der Waals surface area contributed by atoms with Gasteiger partial charge < -0.3 is 15.5 Å². The maximum atomic E-state index is 12.0. The van der Waals surface area contributed by atoms with E-state index in [-0.39, 0.29) is 11.9 Å². The molecule has 1 amide bonds. The average molecular weight is 253 g/mol. The van der Waals surface area contributed by atoms with E-state index in [9.17, 15) is 4.79 Å². The van der Waals surface area contributed by atoms with E-state index < -0.39 is 0 Å². The first kappa shape index (κ1) is 13.8. The van der Waals surface area contributed by atoms with Gasteiger partial charge in [0.05, 0.1) is 6.04 Å². The van der Waals surface area contributed by atoms with Crippen LogP contribution in [0, 0.1) is 5.92 Å². The fourth-order valence-electron chi connectivity index (χ4n) is 3.25. The molecular formula is C14H27N3O. The molecular weight excluding hydrogens is 226 g/mol. The molecule has 1 aliphatic carbocycles. The van der Waals surface area contributed by atoms with Crippen LogP contribution in [0.2, 0.25) is 0 Å². The van der Waals surface area contributed by atoms with Gasteiger partial charge in [-0.3, -0.25) is 4.79 Å². The highest BCUT2D eigenvalue weighted by Crippen LogP contribution is 2.33. The Labute approximate surface area is 110 Å². The van der Waals surface area contributed by atoms with Crippen LogP contribution in [-0.4, -0.2) is 50.1 Å². The molecule has 0 aromatic rings. The molecule has 0 radical (unpaired) electrons. The van der Waals surface area contributed by atoms with E-state index in [0.717, 1.165) is 31.8 Å². The fraction of sp³-hybridized carbons (Fsp3) is 0.929. The fourth-order valence-corrected chi connectivity index (χ4v) is 3.25. The molecule has 0 aromatic carbocycles. The normalized spacial score (nSPS) is 31.4. The molecule has 104 valence electrons. The first-order valence-electron chi connectivity index (χ1n) is 7.35. The average Bonchev–Trinajstić information content (AvgIpc) is 2.78. The van der Waals surface area contributed by atoms with Gasteiger partial charge in [-0.05, 0) is 52.2 Å². The zero-order valence-corrected chi connectivity index (χ0v) is 11.7. The topological polar surface area (TPSA) is 44.4 Å². The summed E-state index contributed by atoms with van der Waals surface area (Å²) in [5.74, 6) is 0.958. The molecule has 4 heteroatoms. The van der Waals surface area contributed by atoms with Crippen LogP contribution in [0.4, 0.5) is 0 Å². The number of amides is 1. The monoisotopic (exact) mass is 253 g/mol. The second kappa shape index (κ2) is 6.53. The lowest BCUT2D eigenvalue weighted by Crippen LogP contribution is -2.43. The first-order valence-corrected chi connectivity index (χ1v) is 7.35. The van der Waals surface area contributed by atoms with Gasteiger partial charge in [-0.15, -0.1) is 0 Å². The summed E-state index contributed by atoms with van der Waals surface area (Å²) in [5.41, 5.74) is 0. The second-order valence-electron chi connectivity index (χ2n) is 6.05. The van der Waals surface area contributed by atoms with Crippen LogP contribution < -0.4 is 10.6 Å². The Kier molecular flexibility index (Phi) is 5.01. The Morgan fingerprint density at radius 3 is 2.83 bits per heavy atom. The molecule has 1 saturated heterocycles. The molecule has 1 heterocycles. The third-order valence-corrected chi connectivity index (χ3v) is 4.26. The summed E-state index contributed by atoms with van der Waals surface area (Å²) in [7, 11) is 4.12. The van der Waals surface area contributed by atoms with E-state index in [2.05, 4.69) is 29.6 Å². The maximum Gasteiger partial charge on any atom is 0.237 e. The molecule has 3 atom stereocenters. The Morgan fingerprint density at radius 2 is 2.11 bits per heavy atom. The minimum absolute atomic E-state index is 0.0671. The van der Waals surface area contributed by atoms with Gasteiger partial charge in [-0.2, -0.15) is 0 Å². The zero-order valence-electron chi connectivity index (χ0n) is 11.7. The van der Waals surface area contributed by atoms with E-state index in [1.54, 1.807) is 0 Å². The van der Waals surface area contributed by atoms with E-state index in [1.807, 2.05) is 0 Å². The summed E-state index contributed by atoms with van der Waals surface area (Å²) in [5, 5.41) is 6.58. The van der Waals surface area contributed by atoms with Gasteiger partial charge in [0.1, 0.15) is 0 Å². The van der Waals surface area contributed by atoms with Gasteiger partial charge in [0, 0.05) is 12.6 Å². The number of nitrogens with zero attached hydrogens (tertiary/aromatic N) is 1. The smallest absolute Gasteiger partial charge is 0.237 e. The van der Waals surface area contributed by atoms with Crippen molar-refractivity contribution < 1.29 is 4.79 Å². The van der Waals surface area contributed by atoms with Crippen molar-refractivity contribution in [2.75, 3.05) is 27.2 Å². The van der Waals surface area contributed by atoms with Crippen LogP contribution in [0.5, 0.6) is 0 Å². The predicted molar refractivity (Wildman–Crippen MR) is 73.5 cm³/mol. The van der Waals surface area contributed by atoms with Gasteiger partial charge in [0.25, 0.3) is 0 Å². The van der Waals surface area contributed by atoms with Crippen LogP contribution in [0.25, 0.3) is 0 Å². The lowest BCUT2D eigenvalue weighted by molar-refractivity contribution is -0.122. The maximum absolute atomic E-state index is 12.0. The van der Waals surface area contributed by atoms with Crippen molar-refractivity contribution in [1.82, 2.24) is 15.5 Å². The SMILES string of the molecule is CN(C)CCCNC(=O)C1CC2CCCCC2N1. The summed E-state index contributed by atoms with van der Waals surface area (Å²) >= 11 is 0. The van der Waals surface area contributed by atoms with Crippen LogP contribution >= 0.6 is 0 Å². The summed E-state index contributed by atoms with van der Waals surface area (Å²) in [6, 6.07) is 0.675. The number of nitrogens with one attached hydrogen (secondary N) is 2. The van der Waals surface area contributed by atoms with Gasteiger partial charge in [-0.25, -0.2) is 0 Å². The molecule has 2 rings (SSSR count). The highest BCUT2D eigenvalue weighted by atomic mass is 16.2. The van der Waals surface area contributed by atoms with Gasteiger partial charge >= 0.3 is 0 Å². The van der Waals surface area contributed by atoms with Gasteiger partial charge in [-0.1, -0.05) is 12.8 Å². The number of hydrogen-bond donors (Lipinski definition) is 2. The molecule has 0 bridgehead atoms. The summed E-state index contributed by atoms with van der Waals surface area (Å²) in [4.78, 5) is 14.2. The Bertz CT molecular complexity index is 266. The molecule has 2 aliphatic rings. The molecule has 0 aromatic heterocycles. The Balaban J connectivity index is 1.67. The first-order chi connectivity index (χ1) is 8.66. The molecule has 18 heavy (non-hydrogen) atoms. The van der Waals surface area contributed by atoms with Crippen molar-refractivity contribution in [2.45, 2.75) is 50.6 Å². The number of hydrogen-bond acceptors (Lipinski definition) is 3. The molecule has 1 saturated carbocycles. The minimum atomic E-state index is 0.0671. The Morgan fingerprint density at radius 1 is 1.33 bits per heavy atom. The number of carbonyl (C=O) groups is 1. The zero-order chi connectivity index (χ0) is 13.0. The lowest BCUT2D eigenvalue weighted by Gasteiger charge is -2.24. The van der Waals surface area contributed by atoms with E-state index in [1.165, 1.54) is 25.7 Å². The number of rotatable bonds is 5. The third-order valence-electron chi connectivity index (χ3n) is 4.26. The largest absolute Gasteiger partial charge is 0.355 e. The van der Waals surface area contributed by atoms with Crippen molar-refractivity contribution in [3.8, 4) is 0 Å². The third kappa shape index (κ3) is 3.69.